The first kappa shape index (κ1) is 18.9. The van der Waals surface area contributed by atoms with Gasteiger partial charge < -0.3 is 15.5 Å². The SMILES string of the molecule is CCN1CCN(Cc2ccccc2CNC(=O)C2CC23CCNCC3)CC1. The lowest BCUT2D eigenvalue weighted by atomic mass is 9.92. The lowest BCUT2D eigenvalue weighted by Crippen LogP contribution is -2.45. The summed E-state index contributed by atoms with van der Waals surface area (Å²) in [5.41, 5.74) is 2.94. The molecule has 2 heterocycles. The van der Waals surface area contributed by atoms with Gasteiger partial charge in [0, 0.05) is 45.2 Å². The lowest BCUT2D eigenvalue weighted by molar-refractivity contribution is -0.123. The van der Waals surface area contributed by atoms with E-state index < -0.39 is 0 Å². The average Bonchev–Trinajstić information content (AvgIpc) is 3.41. The van der Waals surface area contributed by atoms with E-state index in [-0.39, 0.29) is 11.8 Å². The second kappa shape index (κ2) is 8.29. The zero-order valence-corrected chi connectivity index (χ0v) is 16.7. The summed E-state index contributed by atoms with van der Waals surface area (Å²) in [6.07, 6.45) is 3.40. The van der Waals surface area contributed by atoms with Crippen molar-refractivity contribution in [2.45, 2.75) is 39.3 Å². The molecule has 1 saturated carbocycles. The number of benzene rings is 1. The predicted octanol–water partition coefficient (Wildman–Crippen LogP) is 1.83. The largest absolute Gasteiger partial charge is 0.352 e. The van der Waals surface area contributed by atoms with E-state index in [9.17, 15) is 4.79 Å². The maximum atomic E-state index is 12.7. The fourth-order valence-electron chi connectivity index (χ4n) is 4.89. The van der Waals surface area contributed by atoms with Crippen molar-refractivity contribution >= 4 is 5.91 Å². The molecule has 2 saturated heterocycles. The van der Waals surface area contributed by atoms with E-state index in [0.717, 1.165) is 71.6 Å². The molecule has 1 unspecified atom stereocenters. The number of likely N-dealkylation sites (N-methyl/N-ethyl adjacent to an activating group) is 1. The lowest BCUT2D eigenvalue weighted by Gasteiger charge is -2.34. The fourth-order valence-corrected chi connectivity index (χ4v) is 4.89. The molecule has 1 aliphatic carbocycles. The highest BCUT2D eigenvalue weighted by molar-refractivity contribution is 5.82. The van der Waals surface area contributed by atoms with Crippen molar-refractivity contribution in [3.63, 3.8) is 0 Å². The molecule has 27 heavy (non-hydrogen) atoms. The Morgan fingerprint density at radius 2 is 1.78 bits per heavy atom. The molecule has 148 valence electrons. The first-order chi connectivity index (χ1) is 13.2. The average molecular weight is 371 g/mol. The summed E-state index contributed by atoms with van der Waals surface area (Å²) in [4.78, 5) is 17.7. The molecule has 1 spiro atoms. The van der Waals surface area contributed by atoms with Crippen molar-refractivity contribution < 1.29 is 4.79 Å². The molecule has 1 aromatic carbocycles. The van der Waals surface area contributed by atoms with Gasteiger partial charge in [-0.15, -0.1) is 0 Å². The van der Waals surface area contributed by atoms with E-state index in [4.69, 9.17) is 0 Å². The van der Waals surface area contributed by atoms with E-state index >= 15 is 0 Å². The van der Waals surface area contributed by atoms with Gasteiger partial charge in [-0.1, -0.05) is 31.2 Å². The van der Waals surface area contributed by atoms with E-state index in [1.807, 2.05) is 0 Å². The van der Waals surface area contributed by atoms with Crippen LogP contribution in [0.2, 0.25) is 0 Å². The molecule has 2 N–H and O–H groups in total. The Kier molecular flexibility index (Phi) is 5.81. The van der Waals surface area contributed by atoms with Crippen molar-refractivity contribution in [1.82, 2.24) is 20.4 Å². The monoisotopic (exact) mass is 370 g/mol. The number of piperazine rings is 1. The predicted molar refractivity (Wildman–Crippen MR) is 108 cm³/mol. The van der Waals surface area contributed by atoms with Crippen molar-refractivity contribution in [2.24, 2.45) is 11.3 Å². The van der Waals surface area contributed by atoms with Gasteiger partial charge in [-0.3, -0.25) is 9.69 Å². The Morgan fingerprint density at radius 3 is 2.48 bits per heavy atom. The molecule has 3 aliphatic rings. The topological polar surface area (TPSA) is 47.6 Å². The number of rotatable bonds is 6. The van der Waals surface area contributed by atoms with Gasteiger partial charge in [0.2, 0.25) is 5.91 Å². The van der Waals surface area contributed by atoms with Crippen LogP contribution in [0.5, 0.6) is 0 Å². The van der Waals surface area contributed by atoms with Crippen LogP contribution in [0.25, 0.3) is 0 Å². The minimum Gasteiger partial charge on any atom is -0.352 e. The van der Waals surface area contributed by atoms with Gasteiger partial charge in [-0.2, -0.15) is 0 Å². The minimum absolute atomic E-state index is 0.244. The highest BCUT2D eigenvalue weighted by Crippen LogP contribution is 2.58. The minimum atomic E-state index is 0.244. The standard InChI is InChI=1S/C22H34N4O/c1-2-25-11-13-26(14-12-25)17-19-6-4-3-5-18(19)16-24-21(27)20-15-22(20)7-9-23-10-8-22/h3-6,20,23H,2,7-17H2,1H3,(H,24,27). The Balaban J connectivity index is 1.30. The van der Waals surface area contributed by atoms with E-state index in [1.54, 1.807) is 0 Å². The summed E-state index contributed by atoms with van der Waals surface area (Å²) in [6.45, 7) is 11.8. The summed E-state index contributed by atoms with van der Waals surface area (Å²) >= 11 is 0. The van der Waals surface area contributed by atoms with Gasteiger partial charge in [0.05, 0.1) is 0 Å². The molecular weight excluding hydrogens is 336 g/mol. The molecule has 1 aromatic rings. The molecule has 4 rings (SSSR count). The molecule has 5 heteroatoms. The van der Waals surface area contributed by atoms with Crippen molar-refractivity contribution in [1.29, 1.82) is 0 Å². The van der Waals surface area contributed by atoms with Gasteiger partial charge >= 0.3 is 0 Å². The summed E-state index contributed by atoms with van der Waals surface area (Å²) in [7, 11) is 0. The normalized spacial score (nSPS) is 25.4. The van der Waals surface area contributed by atoms with Crippen LogP contribution in [-0.2, 0) is 17.9 Å². The third-order valence-corrected chi connectivity index (χ3v) is 6.98. The summed E-state index contributed by atoms with van der Waals surface area (Å²) in [5.74, 6) is 0.511. The number of nitrogens with one attached hydrogen (secondary N) is 2. The maximum Gasteiger partial charge on any atom is 0.223 e. The third kappa shape index (κ3) is 4.36. The number of carbonyl (C=O) groups is 1. The van der Waals surface area contributed by atoms with Gasteiger partial charge in [-0.25, -0.2) is 0 Å². The smallest absolute Gasteiger partial charge is 0.223 e. The molecule has 1 amide bonds. The van der Waals surface area contributed by atoms with Crippen LogP contribution in [0.3, 0.4) is 0 Å². The molecular formula is C22H34N4O. The second-order valence-electron chi connectivity index (χ2n) is 8.57. The van der Waals surface area contributed by atoms with Gasteiger partial charge in [0.1, 0.15) is 0 Å². The second-order valence-corrected chi connectivity index (χ2v) is 8.57. The van der Waals surface area contributed by atoms with E-state index in [0.29, 0.717) is 12.0 Å². The number of amides is 1. The van der Waals surface area contributed by atoms with Crippen LogP contribution >= 0.6 is 0 Å². The van der Waals surface area contributed by atoms with Crippen molar-refractivity contribution in [3.8, 4) is 0 Å². The number of piperidine rings is 1. The van der Waals surface area contributed by atoms with Gasteiger partial charge in [-0.05, 0) is 55.4 Å². The Labute approximate surface area is 163 Å². The Bertz CT molecular complexity index is 647. The fraction of sp³-hybridized carbons (Fsp3) is 0.682. The zero-order chi connectivity index (χ0) is 18.7. The van der Waals surface area contributed by atoms with Crippen LogP contribution in [0.15, 0.2) is 24.3 Å². The number of nitrogens with zero attached hydrogens (tertiary/aromatic N) is 2. The van der Waals surface area contributed by atoms with E-state index in [1.165, 1.54) is 11.1 Å². The number of hydrogen-bond donors (Lipinski definition) is 2. The van der Waals surface area contributed by atoms with Gasteiger partial charge in [0.25, 0.3) is 0 Å². The highest BCUT2D eigenvalue weighted by atomic mass is 16.2. The van der Waals surface area contributed by atoms with Gasteiger partial charge in [0.15, 0.2) is 0 Å². The molecule has 0 aromatic heterocycles. The highest BCUT2D eigenvalue weighted by Gasteiger charge is 2.57. The maximum absolute atomic E-state index is 12.7. The summed E-state index contributed by atoms with van der Waals surface area (Å²) in [5, 5.41) is 6.65. The Hall–Kier alpha value is -1.43. The Morgan fingerprint density at radius 1 is 1.11 bits per heavy atom. The molecule has 2 aliphatic heterocycles. The molecule has 5 nitrogen and oxygen atoms in total. The van der Waals surface area contributed by atoms with Crippen LogP contribution in [0.1, 0.15) is 37.3 Å². The number of carbonyl (C=O) groups excluding carboxylic acids is 1. The molecule has 3 fully saturated rings. The molecule has 1 atom stereocenters. The van der Waals surface area contributed by atoms with Crippen LogP contribution < -0.4 is 10.6 Å². The van der Waals surface area contributed by atoms with Crippen LogP contribution in [0.4, 0.5) is 0 Å². The zero-order valence-electron chi connectivity index (χ0n) is 16.7. The van der Waals surface area contributed by atoms with Crippen LogP contribution in [0, 0.1) is 11.3 Å². The number of hydrogen-bond acceptors (Lipinski definition) is 4. The quantitative estimate of drug-likeness (QED) is 0.802. The summed E-state index contributed by atoms with van der Waals surface area (Å²) < 4.78 is 0. The van der Waals surface area contributed by atoms with E-state index in [2.05, 4.69) is 51.6 Å². The molecule has 0 radical (unpaired) electrons. The first-order valence-corrected chi connectivity index (χ1v) is 10.7. The third-order valence-electron chi connectivity index (χ3n) is 6.98. The summed E-state index contributed by atoms with van der Waals surface area (Å²) in [6, 6.07) is 8.60. The van der Waals surface area contributed by atoms with Crippen molar-refractivity contribution in [3.05, 3.63) is 35.4 Å². The van der Waals surface area contributed by atoms with Crippen LogP contribution in [-0.4, -0.2) is 61.5 Å². The molecule has 0 bridgehead atoms. The van der Waals surface area contributed by atoms with Crippen molar-refractivity contribution in [2.75, 3.05) is 45.8 Å². The first-order valence-electron chi connectivity index (χ1n) is 10.7.